The van der Waals surface area contributed by atoms with Crippen LogP contribution in [0.1, 0.15) is 26.3 Å². The molecule has 21 heavy (non-hydrogen) atoms. The van der Waals surface area contributed by atoms with Gasteiger partial charge in [-0.25, -0.2) is 9.00 Å². The zero-order valence-corrected chi connectivity index (χ0v) is 13.7. The van der Waals surface area contributed by atoms with E-state index in [9.17, 15) is 9.00 Å². The summed E-state index contributed by atoms with van der Waals surface area (Å²) < 4.78 is 21.2. The number of nitriles is 1. The van der Waals surface area contributed by atoms with Crippen LogP contribution in [0, 0.1) is 11.3 Å². The molecule has 5 nitrogen and oxygen atoms in total. The summed E-state index contributed by atoms with van der Waals surface area (Å²) in [4.78, 5) is 11.7. The van der Waals surface area contributed by atoms with Crippen LogP contribution in [0.15, 0.2) is 28.6 Å². The van der Waals surface area contributed by atoms with Crippen molar-refractivity contribution in [3.8, 4) is 6.07 Å². The Morgan fingerprint density at radius 3 is 2.43 bits per heavy atom. The van der Waals surface area contributed by atoms with Crippen molar-refractivity contribution in [3.05, 3.63) is 34.9 Å². The van der Waals surface area contributed by atoms with Crippen molar-refractivity contribution in [1.29, 1.82) is 5.26 Å². The summed E-state index contributed by atoms with van der Waals surface area (Å²) in [5, 5.41) is 9.36. The first-order valence-electron chi connectivity index (χ1n) is 6.20. The maximum absolute atomic E-state index is 12.6. The first-order chi connectivity index (χ1) is 9.63. The monoisotopic (exact) mass is 328 g/mol. The molecule has 1 aromatic rings. The summed E-state index contributed by atoms with van der Waals surface area (Å²) in [5.74, 6) is -0.341. The van der Waals surface area contributed by atoms with E-state index >= 15 is 0 Å². The highest BCUT2D eigenvalue weighted by Gasteiger charge is 2.19. The Labute approximate surface area is 130 Å². The number of nitrogens with zero attached hydrogens (tertiary/aromatic N) is 2. The maximum Gasteiger partial charge on any atom is 0.442 e. The standard InChI is InChI=1S/C14H17ClN2O3S/c1-14(2,3)20-13(18)17-21(19,9-8-16)10-11-4-6-12(15)7-5-11/h4-7H,9-10H2,1-3H3. The van der Waals surface area contributed by atoms with Gasteiger partial charge in [-0.2, -0.15) is 5.26 Å². The number of carbonyl (C=O) groups excluding carboxylic acids is 1. The Morgan fingerprint density at radius 2 is 1.95 bits per heavy atom. The zero-order chi connectivity index (χ0) is 16.1. The largest absolute Gasteiger partial charge is 0.442 e. The van der Waals surface area contributed by atoms with Crippen LogP contribution < -0.4 is 0 Å². The third-order valence-corrected chi connectivity index (χ3v) is 4.33. The van der Waals surface area contributed by atoms with Gasteiger partial charge >= 0.3 is 6.09 Å². The zero-order valence-electron chi connectivity index (χ0n) is 12.1. The minimum Gasteiger partial charge on any atom is -0.442 e. The summed E-state index contributed by atoms with van der Waals surface area (Å²) in [6, 6.07) is 8.47. The highest BCUT2D eigenvalue weighted by Crippen LogP contribution is 2.15. The molecule has 7 heteroatoms. The van der Waals surface area contributed by atoms with Gasteiger partial charge in [-0.1, -0.05) is 23.7 Å². The van der Waals surface area contributed by atoms with E-state index in [1.165, 1.54) is 0 Å². The van der Waals surface area contributed by atoms with Crippen molar-refractivity contribution in [1.82, 2.24) is 0 Å². The second kappa shape index (κ2) is 6.92. The average molecular weight is 329 g/mol. The van der Waals surface area contributed by atoms with Crippen LogP contribution in [0.25, 0.3) is 0 Å². The average Bonchev–Trinajstić information content (AvgIpc) is 2.29. The van der Waals surface area contributed by atoms with E-state index in [0.29, 0.717) is 10.6 Å². The highest BCUT2D eigenvalue weighted by molar-refractivity contribution is 7.93. The third kappa shape index (κ3) is 6.61. The van der Waals surface area contributed by atoms with E-state index in [0.717, 1.165) is 0 Å². The number of halogens is 1. The molecule has 0 heterocycles. The van der Waals surface area contributed by atoms with Gasteiger partial charge in [-0.3, -0.25) is 0 Å². The van der Waals surface area contributed by atoms with E-state index in [2.05, 4.69) is 4.36 Å². The number of amides is 1. The Hall–Kier alpha value is -1.58. The van der Waals surface area contributed by atoms with Crippen LogP contribution in [0.5, 0.6) is 0 Å². The van der Waals surface area contributed by atoms with Gasteiger partial charge in [0.1, 0.15) is 11.4 Å². The van der Waals surface area contributed by atoms with E-state index in [1.807, 2.05) is 0 Å². The van der Waals surface area contributed by atoms with Crippen LogP contribution in [-0.4, -0.2) is 21.7 Å². The van der Waals surface area contributed by atoms with Gasteiger partial charge in [0, 0.05) is 5.02 Å². The number of carbonyl (C=O) groups is 1. The maximum atomic E-state index is 12.6. The van der Waals surface area contributed by atoms with Crippen molar-refractivity contribution < 1.29 is 13.7 Å². The summed E-state index contributed by atoms with van der Waals surface area (Å²) in [6.07, 6.45) is -0.920. The lowest BCUT2D eigenvalue weighted by atomic mass is 10.2. The minimum absolute atomic E-state index is 0.00300. The van der Waals surface area contributed by atoms with E-state index in [4.69, 9.17) is 21.6 Å². The number of rotatable bonds is 3. The molecular formula is C14H17ClN2O3S. The molecule has 1 aromatic carbocycles. The van der Waals surface area contributed by atoms with Crippen LogP contribution in [0.4, 0.5) is 4.79 Å². The fraction of sp³-hybridized carbons (Fsp3) is 0.429. The molecule has 1 rings (SSSR count). The number of hydrogen-bond donors (Lipinski definition) is 0. The van der Waals surface area contributed by atoms with Crippen LogP contribution in [-0.2, 0) is 20.2 Å². The third-order valence-electron chi connectivity index (χ3n) is 2.23. The van der Waals surface area contributed by atoms with Gasteiger partial charge in [0.15, 0.2) is 0 Å². The molecule has 0 aliphatic rings. The molecule has 1 unspecified atom stereocenters. The Morgan fingerprint density at radius 1 is 1.38 bits per heavy atom. The summed E-state index contributed by atoms with van der Waals surface area (Å²) >= 11 is 5.78. The van der Waals surface area contributed by atoms with Crippen molar-refractivity contribution in [2.75, 3.05) is 5.75 Å². The number of hydrogen-bond acceptors (Lipinski definition) is 4. The highest BCUT2D eigenvalue weighted by atomic mass is 35.5. The van der Waals surface area contributed by atoms with Crippen molar-refractivity contribution in [2.45, 2.75) is 32.1 Å². The molecule has 1 atom stereocenters. The molecule has 0 aliphatic carbocycles. The van der Waals surface area contributed by atoms with Crippen molar-refractivity contribution >= 4 is 27.4 Å². The van der Waals surface area contributed by atoms with Crippen LogP contribution >= 0.6 is 11.6 Å². The van der Waals surface area contributed by atoms with E-state index in [-0.39, 0.29) is 11.5 Å². The lowest BCUT2D eigenvalue weighted by molar-refractivity contribution is 0.0607. The Kier molecular flexibility index (Phi) is 5.76. The fourth-order valence-corrected chi connectivity index (χ4v) is 3.06. The molecule has 0 fully saturated rings. The summed E-state index contributed by atoms with van der Waals surface area (Å²) in [6.45, 7) is 5.06. The van der Waals surface area contributed by atoms with Gasteiger partial charge in [0.25, 0.3) is 0 Å². The van der Waals surface area contributed by atoms with Crippen LogP contribution in [0.2, 0.25) is 5.02 Å². The Balaban J connectivity index is 3.03. The molecule has 0 aliphatic heterocycles. The van der Waals surface area contributed by atoms with Crippen LogP contribution in [0.3, 0.4) is 0 Å². The van der Waals surface area contributed by atoms with Gasteiger partial charge in [-0.05, 0) is 38.5 Å². The molecule has 0 spiro atoms. The topological polar surface area (TPSA) is 79.5 Å². The molecule has 0 aromatic heterocycles. The first-order valence-corrected chi connectivity index (χ1v) is 8.43. The molecule has 0 bridgehead atoms. The van der Waals surface area contributed by atoms with E-state index in [1.54, 1.807) is 51.1 Å². The number of ether oxygens (including phenoxy) is 1. The lowest BCUT2D eigenvalue weighted by Crippen LogP contribution is -2.23. The molecule has 1 amide bonds. The molecule has 0 saturated heterocycles. The normalized spacial score (nSPS) is 13.9. The smallest absolute Gasteiger partial charge is 0.442 e. The van der Waals surface area contributed by atoms with Crippen molar-refractivity contribution in [3.63, 3.8) is 0 Å². The summed E-state index contributed by atoms with van der Waals surface area (Å²) in [7, 11) is -3.03. The summed E-state index contributed by atoms with van der Waals surface area (Å²) in [5.41, 5.74) is -0.0413. The first kappa shape index (κ1) is 17.5. The molecule has 0 radical (unpaired) electrons. The van der Waals surface area contributed by atoms with Gasteiger partial charge in [-0.15, -0.1) is 4.36 Å². The SMILES string of the molecule is CC(C)(C)OC(=O)N=S(=O)(CC#N)Cc1ccc(Cl)cc1. The molecular weight excluding hydrogens is 312 g/mol. The van der Waals surface area contributed by atoms with Crippen molar-refractivity contribution in [2.24, 2.45) is 4.36 Å². The second-order valence-corrected chi connectivity index (χ2v) is 8.16. The van der Waals surface area contributed by atoms with Gasteiger partial charge in [0.2, 0.25) is 0 Å². The lowest BCUT2D eigenvalue weighted by Gasteiger charge is -2.17. The fourth-order valence-electron chi connectivity index (χ4n) is 1.47. The molecule has 0 saturated carbocycles. The van der Waals surface area contributed by atoms with Gasteiger partial charge in [0.05, 0.1) is 21.6 Å². The predicted octanol–water partition coefficient (Wildman–Crippen LogP) is 3.77. The minimum atomic E-state index is -3.03. The van der Waals surface area contributed by atoms with Gasteiger partial charge < -0.3 is 4.74 Å². The molecule has 0 N–H and O–H groups in total. The predicted molar refractivity (Wildman–Crippen MR) is 82.4 cm³/mol. The molecule has 114 valence electrons. The number of benzene rings is 1. The van der Waals surface area contributed by atoms with E-state index < -0.39 is 21.4 Å². The quantitative estimate of drug-likeness (QED) is 0.846. The second-order valence-electron chi connectivity index (χ2n) is 5.42. The Bertz CT molecular complexity index is 663.